The summed E-state index contributed by atoms with van der Waals surface area (Å²) in [5.41, 5.74) is 0.0402. The van der Waals surface area contributed by atoms with Crippen LogP contribution in [-0.2, 0) is 6.18 Å². The number of anilines is 1. The molecule has 8 heteroatoms. The van der Waals surface area contributed by atoms with E-state index in [0.29, 0.717) is 20.9 Å². The number of nitriles is 1. The number of aromatic nitrogens is 2. The molecule has 3 rings (SSSR count). The standard InChI is InChI=1S/C16H11F3N4S/c1-9(11-4-2-3-5-12(11)16(17,18)19)23-15-14-13(21-8-22-15)6-10(7-20)24-14/h2-6,8-9H,1H3,(H,21,22,23). The number of hydrogen-bond acceptors (Lipinski definition) is 5. The first-order valence-electron chi connectivity index (χ1n) is 6.97. The van der Waals surface area contributed by atoms with Crippen LogP contribution in [0.2, 0.25) is 0 Å². The highest BCUT2D eigenvalue weighted by atomic mass is 32.1. The number of halogens is 3. The molecule has 0 bridgehead atoms. The SMILES string of the molecule is CC(Nc1ncnc2cc(C#N)sc12)c1ccccc1C(F)(F)F. The highest BCUT2D eigenvalue weighted by Crippen LogP contribution is 2.36. The second-order valence-corrected chi connectivity index (χ2v) is 6.16. The summed E-state index contributed by atoms with van der Waals surface area (Å²) in [6.45, 7) is 1.64. The van der Waals surface area contributed by atoms with Gasteiger partial charge in [0.25, 0.3) is 0 Å². The summed E-state index contributed by atoms with van der Waals surface area (Å²) in [5.74, 6) is 0.413. The van der Waals surface area contributed by atoms with Crippen LogP contribution < -0.4 is 5.32 Å². The van der Waals surface area contributed by atoms with E-state index in [2.05, 4.69) is 15.3 Å². The second kappa shape index (κ2) is 6.09. The fourth-order valence-corrected chi connectivity index (χ4v) is 3.29. The monoisotopic (exact) mass is 348 g/mol. The maximum atomic E-state index is 13.2. The zero-order valence-electron chi connectivity index (χ0n) is 12.4. The van der Waals surface area contributed by atoms with Crippen LogP contribution in [0.1, 0.15) is 29.0 Å². The Hall–Kier alpha value is -2.66. The minimum absolute atomic E-state index is 0.133. The summed E-state index contributed by atoms with van der Waals surface area (Å²) < 4.78 is 40.1. The van der Waals surface area contributed by atoms with Crippen molar-refractivity contribution in [2.24, 2.45) is 0 Å². The molecule has 24 heavy (non-hydrogen) atoms. The Morgan fingerprint density at radius 1 is 1.25 bits per heavy atom. The van der Waals surface area contributed by atoms with Gasteiger partial charge in [-0.15, -0.1) is 11.3 Å². The van der Waals surface area contributed by atoms with E-state index in [0.717, 1.165) is 6.07 Å². The van der Waals surface area contributed by atoms with Gasteiger partial charge < -0.3 is 5.32 Å². The lowest BCUT2D eigenvalue weighted by Crippen LogP contribution is -2.15. The highest BCUT2D eigenvalue weighted by molar-refractivity contribution is 7.20. The predicted molar refractivity (Wildman–Crippen MR) is 85.6 cm³/mol. The lowest BCUT2D eigenvalue weighted by molar-refractivity contribution is -0.138. The Labute approximate surface area is 139 Å². The fourth-order valence-electron chi connectivity index (χ4n) is 2.43. The van der Waals surface area contributed by atoms with Crippen molar-refractivity contribution in [1.82, 2.24) is 9.97 Å². The first-order chi connectivity index (χ1) is 11.4. The van der Waals surface area contributed by atoms with Gasteiger partial charge in [-0.3, -0.25) is 0 Å². The van der Waals surface area contributed by atoms with E-state index in [4.69, 9.17) is 5.26 Å². The van der Waals surface area contributed by atoms with Crippen molar-refractivity contribution in [3.05, 3.63) is 52.7 Å². The number of alkyl halides is 3. The van der Waals surface area contributed by atoms with Gasteiger partial charge in [0.1, 0.15) is 23.1 Å². The molecule has 1 N–H and O–H groups in total. The minimum Gasteiger partial charge on any atom is -0.362 e. The van der Waals surface area contributed by atoms with Gasteiger partial charge in [0.2, 0.25) is 0 Å². The van der Waals surface area contributed by atoms with Gasteiger partial charge in [0.15, 0.2) is 0 Å². The van der Waals surface area contributed by atoms with Gasteiger partial charge in [0, 0.05) is 0 Å². The van der Waals surface area contributed by atoms with Gasteiger partial charge in [-0.1, -0.05) is 18.2 Å². The molecule has 4 nitrogen and oxygen atoms in total. The molecule has 0 saturated carbocycles. The summed E-state index contributed by atoms with van der Waals surface area (Å²) in [4.78, 5) is 8.65. The first kappa shape index (κ1) is 16.2. The summed E-state index contributed by atoms with van der Waals surface area (Å²) in [5, 5.41) is 12.0. The summed E-state index contributed by atoms with van der Waals surface area (Å²) in [6.07, 6.45) is -3.11. The first-order valence-corrected chi connectivity index (χ1v) is 7.79. The molecule has 2 aromatic heterocycles. The van der Waals surface area contributed by atoms with Crippen LogP contribution in [0.5, 0.6) is 0 Å². The van der Waals surface area contributed by atoms with Crippen molar-refractivity contribution in [2.45, 2.75) is 19.1 Å². The molecular weight excluding hydrogens is 337 g/mol. The van der Waals surface area contributed by atoms with Crippen molar-refractivity contribution >= 4 is 27.4 Å². The van der Waals surface area contributed by atoms with Crippen molar-refractivity contribution in [3.63, 3.8) is 0 Å². The molecular formula is C16H11F3N4S. The molecule has 2 heterocycles. The van der Waals surface area contributed by atoms with Gasteiger partial charge in [-0.25, -0.2) is 9.97 Å². The number of fused-ring (bicyclic) bond motifs is 1. The average Bonchev–Trinajstić information content (AvgIpc) is 2.98. The summed E-state index contributed by atoms with van der Waals surface area (Å²) in [7, 11) is 0. The van der Waals surface area contributed by atoms with Crippen molar-refractivity contribution < 1.29 is 13.2 Å². The third kappa shape index (κ3) is 3.03. The number of rotatable bonds is 3. The molecule has 0 fully saturated rings. The van der Waals surface area contributed by atoms with Gasteiger partial charge in [-0.2, -0.15) is 18.4 Å². The summed E-state index contributed by atoms with van der Waals surface area (Å²) in [6, 6.07) is 8.47. The Morgan fingerprint density at radius 2 is 2.00 bits per heavy atom. The topological polar surface area (TPSA) is 61.6 Å². The van der Waals surface area contributed by atoms with E-state index in [1.807, 2.05) is 6.07 Å². The van der Waals surface area contributed by atoms with E-state index < -0.39 is 17.8 Å². The summed E-state index contributed by atoms with van der Waals surface area (Å²) >= 11 is 1.20. The molecule has 0 aliphatic carbocycles. The van der Waals surface area contributed by atoms with Crippen molar-refractivity contribution in [3.8, 4) is 6.07 Å². The van der Waals surface area contributed by atoms with E-state index >= 15 is 0 Å². The van der Waals surface area contributed by atoms with Crippen molar-refractivity contribution in [1.29, 1.82) is 5.26 Å². The molecule has 0 aliphatic heterocycles. The van der Waals surface area contributed by atoms with E-state index in [1.54, 1.807) is 19.1 Å². The van der Waals surface area contributed by atoms with Gasteiger partial charge in [0.05, 0.1) is 21.8 Å². The molecule has 0 aliphatic rings. The quantitative estimate of drug-likeness (QED) is 0.742. The molecule has 0 radical (unpaired) electrons. The number of benzene rings is 1. The number of nitrogens with zero attached hydrogens (tertiary/aromatic N) is 3. The third-order valence-electron chi connectivity index (χ3n) is 3.51. The third-order valence-corrected chi connectivity index (χ3v) is 4.54. The van der Waals surface area contributed by atoms with E-state index in [9.17, 15) is 13.2 Å². The maximum absolute atomic E-state index is 13.2. The largest absolute Gasteiger partial charge is 0.416 e. The van der Waals surface area contributed by atoms with Gasteiger partial charge >= 0.3 is 6.18 Å². The molecule has 1 aromatic carbocycles. The Morgan fingerprint density at radius 3 is 2.71 bits per heavy atom. The zero-order chi connectivity index (χ0) is 17.3. The number of hydrogen-bond donors (Lipinski definition) is 1. The fraction of sp³-hybridized carbons (Fsp3) is 0.188. The molecule has 0 amide bonds. The van der Waals surface area contributed by atoms with Crippen LogP contribution >= 0.6 is 11.3 Å². The van der Waals surface area contributed by atoms with Crippen LogP contribution in [0.15, 0.2) is 36.7 Å². The predicted octanol–water partition coefficient (Wildman–Crippen LogP) is 4.75. The number of thiophene rings is 1. The van der Waals surface area contributed by atoms with Crippen LogP contribution in [-0.4, -0.2) is 9.97 Å². The lowest BCUT2D eigenvalue weighted by atomic mass is 10.0. The smallest absolute Gasteiger partial charge is 0.362 e. The molecule has 0 saturated heterocycles. The minimum atomic E-state index is -4.43. The van der Waals surface area contributed by atoms with Crippen LogP contribution in [0, 0.1) is 11.3 Å². The lowest BCUT2D eigenvalue weighted by Gasteiger charge is -2.20. The maximum Gasteiger partial charge on any atom is 0.416 e. The molecule has 0 spiro atoms. The van der Waals surface area contributed by atoms with Crippen LogP contribution in [0.3, 0.4) is 0 Å². The number of nitrogens with one attached hydrogen (secondary N) is 1. The van der Waals surface area contributed by atoms with E-state index in [-0.39, 0.29) is 5.56 Å². The Bertz CT molecular complexity index is 927. The normalized spacial score (nSPS) is 12.8. The molecule has 1 unspecified atom stereocenters. The average molecular weight is 348 g/mol. The Balaban J connectivity index is 1.98. The Kier molecular flexibility index (Phi) is 4.11. The molecule has 1 atom stereocenters. The van der Waals surface area contributed by atoms with Crippen molar-refractivity contribution in [2.75, 3.05) is 5.32 Å². The van der Waals surface area contributed by atoms with Crippen LogP contribution in [0.4, 0.5) is 19.0 Å². The van der Waals surface area contributed by atoms with Gasteiger partial charge in [-0.05, 0) is 24.6 Å². The van der Waals surface area contributed by atoms with Crippen LogP contribution in [0.25, 0.3) is 10.2 Å². The highest BCUT2D eigenvalue weighted by Gasteiger charge is 2.34. The zero-order valence-corrected chi connectivity index (χ0v) is 13.2. The van der Waals surface area contributed by atoms with E-state index in [1.165, 1.54) is 29.8 Å². The second-order valence-electron chi connectivity index (χ2n) is 5.11. The molecule has 3 aromatic rings. The molecule has 122 valence electrons.